The molecular formula is C12H15ClO3. The molecule has 88 valence electrons. The molecule has 0 amide bonds. The third-order valence-electron chi connectivity index (χ3n) is 1.96. The van der Waals surface area contributed by atoms with E-state index in [9.17, 15) is 4.79 Å². The van der Waals surface area contributed by atoms with Crippen molar-refractivity contribution in [2.45, 2.75) is 13.3 Å². The van der Waals surface area contributed by atoms with Gasteiger partial charge in [0.25, 0.3) is 0 Å². The lowest BCUT2D eigenvalue weighted by atomic mass is 10.2. The first-order valence-electron chi connectivity index (χ1n) is 5.23. The molecule has 1 aromatic rings. The van der Waals surface area contributed by atoms with Gasteiger partial charge in [-0.05, 0) is 25.5 Å². The highest BCUT2D eigenvalue weighted by molar-refractivity contribution is 6.17. The summed E-state index contributed by atoms with van der Waals surface area (Å²) in [4.78, 5) is 10.9. The number of para-hydroxylation sites is 1. The summed E-state index contributed by atoms with van der Waals surface area (Å²) < 4.78 is 10.9. The molecule has 0 saturated carbocycles. The van der Waals surface area contributed by atoms with Crippen molar-refractivity contribution in [1.82, 2.24) is 0 Å². The standard InChI is InChI=1S/C12H15ClO3/c1-2-15-11-6-3-5-10(9-14)12(11)16-8-4-7-13/h3,5-6,9H,2,4,7-8H2,1H3. The molecule has 0 spiro atoms. The zero-order valence-corrected chi connectivity index (χ0v) is 10.00. The molecule has 0 N–H and O–H groups in total. The first kappa shape index (κ1) is 12.8. The van der Waals surface area contributed by atoms with Crippen molar-refractivity contribution in [2.24, 2.45) is 0 Å². The van der Waals surface area contributed by atoms with Gasteiger partial charge in [0.05, 0.1) is 18.8 Å². The summed E-state index contributed by atoms with van der Waals surface area (Å²) in [7, 11) is 0. The first-order valence-corrected chi connectivity index (χ1v) is 5.76. The molecule has 0 saturated heterocycles. The fourth-order valence-corrected chi connectivity index (χ4v) is 1.39. The van der Waals surface area contributed by atoms with Crippen LogP contribution < -0.4 is 9.47 Å². The van der Waals surface area contributed by atoms with E-state index in [1.54, 1.807) is 18.2 Å². The quantitative estimate of drug-likeness (QED) is 0.419. The highest BCUT2D eigenvalue weighted by Gasteiger charge is 2.09. The Morgan fingerprint density at radius 2 is 2.19 bits per heavy atom. The summed E-state index contributed by atoms with van der Waals surface area (Å²) in [6.45, 7) is 2.90. The van der Waals surface area contributed by atoms with Crippen LogP contribution in [0.3, 0.4) is 0 Å². The van der Waals surface area contributed by atoms with Crippen molar-refractivity contribution >= 4 is 17.9 Å². The molecule has 0 atom stereocenters. The number of rotatable bonds is 7. The normalized spacial score (nSPS) is 9.88. The Kier molecular flexibility index (Phi) is 5.72. The largest absolute Gasteiger partial charge is 0.490 e. The number of halogens is 1. The molecule has 3 nitrogen and oxygen atoms in total. The van der Waals surface area contributed by atoms with Crippen molar-refractivity contribution in [3.8, 4) is 11.5 Å². The maximum Gasteiger partial charge on any atom is 0.171 e. The second-order valence-electron chi connectivity index (χ2n) is 3.12. The average Bonchev–Trinajstić information content (AvgIpc) is 2.31. The van der Waals surface area contributed by atoms with E-state index in [0.717, 1.165) is 12.7 Å². The monoisotopic (exact) mass is 242 g/mol. The molecule has 0 fully saturated rings. The van der Waals surface area contributed by atoms with Gasteiger partial charge < -0.3 is 9.47 Å². The molecule has 0 unspecified atom stereocenters. The van der Waals surface area contributed by atoms with Crippen molar-refractivity contribution < 1.29 is 14.3 Å². The predicted octanol–water partition coefficient (Wildman–Crippen LogP) is 2.91. The molecule has 0 aromatic heterocycles. The molecule has 0 heterocycles. The smallest absolute Gasteiger partial charge is 0.171 e. The predicted molar refractivity (Wildman–Crippen MR) is 63.8 cm³/mol. The number of carbonyl (C=O) groups excluding carboxylic acids is 1. The van der Waals surface area contributed by atoms with Crippen LogP contribution in [0.2, 0.25) is 0 Å². The Morgan fingerprint density at radius 1 is 1.38 bits per heavy atom. The van der Waals surface area contributed by atoms with E-state index >= 15 is 0 Å². The van der Waals surface area contributed by atoms with Crippen molar-refractivity contribution in [1.29, 1.82) is 0 Å². The minimum atomic E-state index is 0.481. The second-order valence-corrected chi connectivity index (χ2v) is 3.49. The van der Waals surface area contributed by atoms with Gasteiger partial charge in [0.1, 0.15) is 0 Å². The molecule has 16 heavy (non-hydrogen) atoms. The van der Waals surface area contributed by atoms with Crippen LogP contribution in [0.25, 0.3) is 0 Å². The summed E-state index contributed by atoms with van der Waals surface area (Å²) in [5.41, 5.74) is 0.500. The zero-order valence-electron chi connectivity index (χ0n) is 9.24. The van der Waals surface area contributed by atoms with Crippen LogP contribution >= 0.6 is 11.6 Å². The van der Waals surface area contributed by atoms with E-state index in [4.69, 9.17) is 21.1 Å². The van der Waals surface area contributed by atoms with Gasteiger partial charge in [-0.1, -0.05) is 6.07 Å². The Balaban J connectivity index is 2.85. The van der Waals surface area contributed by atoms with Gasteiger partial charge >= 0.3 is 0 Å². The lowest BCUT2D eigenvalue weighted by molar-refractivity contribution is 0.111. The van der Waals surface area contributed by atoms with Crippen LogP contribution in [0.1, 0.15) is 23.7 Å². The van der Waals surface area contributed by atoms with Gasteiger partial charge in [0, 0.05) is 5.88 Å². The third kappa shape index (κ3) is 3.42. The van der Waals surface area contributed by atoms with Crippen molar-refractivity contribution in [3.63, 3.8) is 0 Å². The van der Waals surface area contributed by atoms with Crippen LogP contribution in [0.5, 0.6) is 11.5 Å². The zero-order chi connectivity index (χ0) is 11.8. The number of benzene rings is 1. The summed E-state index contributed by atoms with van der Waals surface area (Å²) in [5.74, 6) is 1.64. The number of hydrogen-bond acceptors (Lipinski definition) is 3. The topological polar surface area (TPSA) is 35.5 Å². The van der Waals surface area contributed by atoms with Gasteiger partial charge in [-0.3, -0.25) is 4.79 Å². The molecule has 0 radical (unpaired) electrons. The number of hydrogen-bond donors (Lipinski definition) is 0. The van der Waals surface area contributed by atoms with Crippen LogP contribution in [0, 0.1) is 0 Å². The molecule has 0 bridgehead atoms. The van der Waals surface area contributed by atoms with Crippen LogP contribution in [0.15, 0.2) is 18.2 Å². The average molecular weight is 243 g/mol. The summed E-state index contributed by atoms with van der Waals surface area (Å²) in [5, 5.41) is 0. The first-order chi connectivity index (χ1) is 7.83. The Hall–Kier alpha value is -1.22. The SMILES string of the molecule is CCOc1cccc(C=O)c1OCCCCl. The molecule has 4 heteroatoms. The number of aldehydes is 1. The van der Waals surface area contributed by atoms with Gasteiger partial charge in [0.15, 0.2) is 17.8 Å². The van der Waals surface area contributed by atoms with Gasteiger partial charge in [-0.15, -0.1) is 11.6 Å². The maximum absolute atomic E-state index is 10.9. The molecule has 1 rings (SSSR count). The summed E-state index contributed by atoms with van der Waals surface area (Å²) in [6, 6.07) is 5.25. The molecule has 1 aromatic carbocycles. The van der Waals surface area contributed by atoms with Crippen LogP contribution in [0.4, 0.5) is 0 Å². The highest BCUT2D eigenvalue weighted by atomic mass is 35.5. The molecule has 0 aliphatic carbocycles. The second kappa shape index (κ2) is 7.12. The van der Waals surface area contributed by atoms with E-state index in [0.29, 0.717) is 36.2 Å². The summed E-state index contributed by atoms with van der Waals surface area (Å²) in [6.07, 6.45) is 1.50. The van der Waals surface area contributed by atoms with E-state index in [1.165, 1.54) is 0 Å². The Bertz CT molecular complexity index is 339. The molecule has 0 aliphatic rings. The van der Waals surface area contributed by atoms with Crippen LogP contribution in [-0.2, 0) is 0 Å². The number of carbonyl (C=O) groups is 1. The van der Waals surface area contributed by atoms with Gasteiger partial charge in [0.2, 0.25) is 0 Å². The Labute approximate surface area is 100 Å². The minimum absolute atomic E-state index is 0.481. The van der Waals surface area contributed by atoms with E-state index in [2.05, 4.69) is 0 Å². The molecular weight excluding hydrogens is 228 g/mol. The third-order valence-corrected chi connectivity index (χ3v) is 2.23. The fourth-order valence-electron chi connectivity index (χ4n) is 1.28. The van der Waals surface area contributed by atoms with Crippen molar-refractivity contribution in [2.75, 3.05) is 19.1 Å². The van der Waals surface area contributed by atoms with E-state index in [1.807, 2.05) is 6.92 Å². The Morgan fingerprint density at radius 3 is 2.81 bits per heavy atom. The minimum Gasteiger partial charge on any atom is -0.490 e. The lowest BCUT2D eigenvalue weighted by Crippen LogP contribution is -2.03. The van der Waals surface area contributed by atoms with E-state index < -0.39 is 0 Å². The summed E-state index contributed by atoms with van der Waals surface area (Å²) >= 11 is 5.56. The van der Waals surface area contributed by atoms with Gasteiger partial charge in [-0.2, -0.15) is 0 Å². The highest BCUT2D eigenvalue weighted by Crippen LogP contribution is 2.30. The maximum atomic E-state index is 10.9. The fraction of sp³-hybridized carbons (Fsp3) is 0.417. The van der Waals surface area contributed by atoms with Crippen LogP contribution in [-0.4, -0.2) is 25.4 Å². The molecule has 0 aliphatic heterocycles. The van der Waals surface area contributed by atoms with Gasteiger partial charge in [-0.25, -0.2) is 0 Å². The number of alkyl halides is 1. The van der Waals surface area contributed by atoms with Crippen molar-refractivity contribution in [3.05, 3.63) is 23.8 Å². The van der Waals surface area contributed by atoms with E-state index in [-0.39, 0.29) is 0 Å². The lowest BCUT2D eigenvalue weighted by Gasteiger charge is -2.12. The number of ether oxygens (including phenoxy) is 2.